The molecule has 4 aromatic rings. The van der Waals surface area contributed by atoms with Gasteiger partial charge in [0.1, 0.15) is 5.75 Å². The summed E-state index contributed by atoms with van der Waals surface area (Å²) in [6.07, 6.45) is 5.53. The molecule has 0 radical (unpaired) electrons. The SMILES string of the molecule is Oc1c(CCc2ccccc2)ccc(CCc2ccccc2)c1CCc1ccccc1. The van der Waals surface area contributed by atoms with E-state index in [0.717, 1.165) is 49.7 Å². The second-order valence-corrected chi connectivity index (χ2v) is 8.17. The zero-order chi connectivity index (χ0) is 21.3. The van der Waals surface area contributed by atoms with E-state index in [9.17, 15) is 5.11 Å². The van der Waals surface area contributed by atoms with Gasteiger partial charge in [-0.05, 0) is 71.9 Å². The molecule has 1 heteroatoms. The monoisotopic (exact) mass is 406 g/mol. The van der Waals surface area contributed by atoms with Gasteiger partial charge in [0.25, 0.3) is 0 Å². The Morgan fingerprint density at radius 3 is 1.26 bits per heavy atom. The van der Waals surface area contributed by atoms with Crippen molar-refractivity contribution in [3.05, 3.63) is 137 Å². The molecule has 0 aromatic heterocycles. The molecule has 1 N–H and O–H groups in total. The number of aromatic hydroxyl groups is 1. The molecule has 0 atom stereocenters. The van der Waals surface area contributed by atoms with E-state index in [1.807, 2.05) is 6.07 Å². The highest BCUT2D eigenvalue weighted by Gasteiger charge is 2.13. The van der Waals surface area contributed by atoms with Crippen molar-refractivity contribution in [2.45, 2.75) is 38.5 Å². The van der Waals surface area contributed by atoms with Crippen molar-refractivity contribution < 1.29 is 5.11 Å². The molecule has 4 aromatic carbocycles. The summed E-state index contributed by atoms with van der Waals surface area (Å²) in [5, 5.41) is 11.2. The van der Waals surface area contributed by atoms with E-state index >= 15 is 0 Å². The largest absolute Gasteiger partial charge is 0.507 e. The Morgan fingerprint density at radius 2 is 0.774 bits per heavy atom. The molecular weight excluding hydrogens is 376 g/mol. The Balaban J connectivity index is 1.54. The maximum Gasteiger partial charge on any atom is 0.122 e. The van der Waals surface area contributed by atoms with Crippen molar-refractivity contribution in [1.82, 2.24) is 0 Å². The van der Waals surface area contributed by atoms with Gasteiger partial charge in [0.05, 0.1) is 0 Å². The molecule has 31 heavy (non-hydrogen) atoms. The van der Waals surface area contributed by atoms with E-state index in [1.54, 1.807) is 0 Å². The Bertz CT molecular complexity index is 1070. The molecule has 0 aliphatic rings. The topological polar surface area (TPSA) is 20.2 Å². The molecule has 0 saturated carbocycles. The summed E-state index contributed by atoms with van der Waals surface area (Å²) in [6, 6.07) is 36.0. The third-order valence-corrected chi connectivity index (χ3v) is 6.02. The van der Waals surface area contributed by atoms with Crippen LogP contribution in [0, 0.1) is 0 Å². The lowest BCUT2D eigenvalue weighted by Crippen LogP contribution is -2.03. The van der Waals surface area contributed by atoms with Crippen molar-refractivity contribution in [2.24, 2.45) is 0 Å². The second-order valence-electron chi connectivity index (χ2n) is 8.17. The van der Waals surface area contributed by atoms with Crippen LogP contribution in [-0.2, 0) is 38.5 Å². The van der Waals surface area contributed by atoms with Gasteiger partial charge in [-0.2, -0.15) is 0 Å². The average molecular weight is 407 g/mol. The third kappa shape index (κ3) is 5.86. The van der Waals surface area contributed by atoms with Gasteiger partial charge in [0.2, 0.25) is 0 Å². The summed E-state index contributed by atoms with van der Waals surface area (Å²) >= 11 is 0. The molecule has 156 valence electrons. The summed E-state index contributed by atoms with van der Waals surface area (Å²) in [7, 11) is 0. The third-order valence-electron chi connectivity index (χ3n) is 6.02. The lowest BCUT2D eigenvalue weighted by Gasteiger charge is -2.16. The van der Waals surface area contributed by atoms with Crippen molar-refractivity contribution in [3.63, 3.8) is 0 Å². The number of hydrogen-bond donors (Lipinski definition) is 1. The van der Waals surface area contributed by atoms with Crippen LogP contribution in [0.25, 0.3) is 0 Å². The minimum absolute atomic E-state index is 0.498. The summed E-state index contributed by atoms with van der Waals surface area (Å²) in [5.41, 5.74) is 7.39. The zero-order valence-electron chi connectivity index (χ0n) is 18.0. The number of phenolic OH excluding ortho intramolecular Hbond substituents is 1. The van der Waals surface area contributed by atoms with Gasteiger partial charge < -0.3 is 5.11 Å². The Kier molecular flexibility index (Phi) is 7.18. The van der Waals surface area contributed by atoms with Gasteiger partial charge in [-0.25, -0.2) is 0 Å². The van der Waals surface area contributed by atoms with Gasteiger partial charge in [0, 0.05) is 0 Å². The van der Waals surface area contributed by atoms with E-state index in [4.69, 9.17) is 0 Å². The van der Waals surface area contributed by atoms with Crippen LogP contribution < -0.4 is 0 Å². The molecule has 0 saturated heterocycles. The normalized spacial score (nSPS) is 10.8. The highest BCUT2D eigenvalue weighted by molar-refractivity contribution is 5.47. The van der Waals surface area contributed by atoms with Gasteiger partial charge in [0.15, 0.2) is 0 Å². The summed E-state index contributed by atoms with van der Waals surface area (Å²) in [5.74, 6) is 0.498. The second kappa shape index (κ2) is 10.6. The molecule has 0 bridgehead atoms. The molecule has 0 aliphatic heterocycles. The van der Waals surface area contributed by atoms with Crippen LogP contribution in [0.5, 0.6) is 5.75 Å². The molecule has 0 fully saturated rings. The first-order chi connectivity index (χ1) is 15.3. The zero-order valence-corrected chi connectivity index (χ0v) is 18.0. The van der Waals surface area contributed by atoms with Crippen LogP contribution in [0.1, 0.15) is 33.4 Å². The van der Waals surface area contributed by atoms with Crippen LogP contribution in [0.4, 0.5) is 0 Å². The van der Waals surface area contributed by atoms with Gasteiger partial charge in [-0.3, -0.25) is 0 Å². The van der Waals surface area contributed by atoms with Gasteiger partial charge in [-0.15, -0.1) is 0 Å². The van der Waals surface area contributed by atoms with Crippen molar-refractivity contribution in [3.8, 4) is 5.75 Å². The van der Waals surface area contributed by atoms with Crippen LogP contribution in [-0.4, -0.2) is 5.11 Å². The van der Waals surface area contributed by atoms with E-state index in [1.165, 1.54) is 22.3 Å². The lowest BCUT2D eigenvalue weighted by molar-refractivity contribution is 0.459. The fourth-order valence-corrected chi connectivity index (χ4v) is 4.20. The first kappa shape index (κ1) is 20.9. The molecule has 1 nitrogen and oxygen atoms in total. The van der Waals surface area contributed by atoms with Crippen molar-refractivity contribution >= 4 is 0 Å². The molecule has 0 heterocycles. The smallest absolute Gasteiger partial charge is 0.122 e. The number of phenols is 1. The van der Waals surface area contributed by atoms with Crippen LogP contribution in [0.15, 0.2) is 103 Å². The molecule has 0 aliphatic carbocycles. The van der Waals surface area contributed by atoms with Gasteiger partial charge >= 0.3 is 0 Å². The fourth-order valence-electron chi connectivity index (χ4n) is 4.20. The highest BCUT2D eigenvalue weighted by Crippen LogP contribution is 2.30. The van der Waals surface area contributed by atoms with E-state index in [2.05, 4.69) is 97.1 Å². The summed E-state index contributed by atoms with van der Waals surface area (Å²) in [6.45, 7) is 0. The summed E-state index contributed by atoms with van der Waals surface area (Å²) in [4.78, 5) is 0. The quantitative estimate of drug-likeness (QED) is 0.326. The van der Waals surface area contributed by atoms with Crippen LogP contribution in [0.3, 0.4) is 0 Å². The fraction of sp³-hybridized carbons (Fsp3) is 0.200. The van der Waals surface area contributed by atoms with Crippen molar-refractivity contribution in [1.29, 1.82) is 0 Å². The molecule has 0 unspecified atom stereocenters. The number of benzene rings is 4. The maximum absolute atomic E-state index is 11.2. The standard InChI is InChI=1S/C30H30O/c31-30-28(20-17-25-12-6-2-7-13-25)22-21-27(19-16-24-10-4-1-5-11-24)29(30)23-18-26-14-8-3-9-15-26/h1-15,21-22,31H,16-20,23H2. The number of rotatable bonds is 9. The predicted molar refractivity (Wildman–Crippen MR) is 130 cm³/mol. The Hall–Kier alpha value is -3.32. The minimum Gasteiger partial charge on any atom is -0.507 e. The predicted octanol–water partition coefficient (Wildman–Crippen LogP) is 6.75. The Morgan fingerprint density at radius 1 is 0.387 bits per heavy atom. The van der Waals surface area contributed by atoms with Crippen molar-refractivity contribution in [2.75, 3.05) is 0 Å². The van der Waals surface area contributed by atoms with Crippen LogP contribution >= 0.6 is 0 Å². The van der Waals surface area contributed by atoms with E-state index in [-0.39, 0.29) is 0 Å². The van der Waals surface area contributed by atoms with E-state index in [0.29, 0.717) is 5.75 Å². The minimum atomic E-state index is 0.498. The van der Waals surface area contributed by atoms with Gasteiger partial charge in [-0.1, -0.05) is 103 Å². The average Bonchev–Trinajstić information content (AvgIpc) is 2.83. The van der Waals surface area contributed by atoms with E-state index < -0.39 is 0 Å². The molecule has 4 rings (SSSR count). The lowest BCUT2D eigenvalue weighted by atomic mass is 9.91. The molecular formula is C30H30O. The molecule has 0 spiro atoms. The first-order valence-electron chi connectivity index (χ1n) is 11.2. The molecule has 0 amide bonds. The van der Waals surface area contributed by atoms with Crippen LogP contribution in [0.2, 0.25) is 0 Å². The number of hydrogen-bond acceptors (Lipinski definition) is 1. The number of aryl methyl sites for hydroxylation is 5. The maximum atomic E-state index is 11.2. The summed E-state index contributed by atoms with van der Waals surface area (Å²) < 4.78 is 0. The first-order valence-corrected chi connectivity index (χ1v) is 11.2. The Labute approximate surface area is 186 Å². The highest BCUT2D eigenvalue weighted by atomic mass is 16.3.